The van der Waals surface area contributed by atoms with Crippen LogP contribution in [0.5, 0.6) is 0 Å². The molecule has 0 aromatic carbocycles. The minimum atomic E-state index is 0.0283. The molecule has 2 saturated heterocycles. The van der Waals surface area contributed by atoms with Gasteiger partial charge < -0.3 is 24.9 Å². The third kappa shape index (κ3) is 4.86. The van der Waals surface area contributed by atoms with Crippen molar-refractivity contribution in [2.24, 2.45) is 0 Å². The molecule has 0 unspecified atom stereocenters. The van der Waals surface area contributed by atoms with Crippen LogP contribution in [0.25, 0.3) is 0 Å². The maximum absolute atomic E-state index is 12.3. The first kappa shape index (κ1) is 18.9. The number of rotatable bonds is 5. The van der Waals surface area contributed by atoms with E-state index in [-0.39, 0.29) is 6.03 Å². The van der Waals surface area contributed by atoms with E-state index in [1.807, 2.05) is 11.1 Å². The number of carbonyl (C=O) groups is 1. The van der Waals surface area contributed by atoms with E-state index < -0.39 is 0 Å². The number of urea groups is 1. The molecule has 1 aromatic heterocycles. The summed E-state index contributed by atoms with van der Waals surface area (Å²) in [6, 6.07) is 4.17. The quantitative estimate of drug-likeness (QED) is 0.851. The molecule has 26 heavy (non-hydrogen) atoms. The highest BCUT2D eigenvalue weighted by Crippen LogP contribution is 2.14. The highest BCUT2D eigenvalue weighted by Gasteiger charge is 2.20. The van der Waals surface area contributed by atoms with Gasteiger partial charge in [0.05, 0.1) is 0 Å². The van der Waals surface area contributed by atoms with Gasteiger partial charge in [-0.25, -0.2) is 9.78 Å². The average Bonchev–Trinajstić information content (AvgIpc) is 2.72. The highest BCUT2D eigenvalue weighted by atomic mass is 16.2. The smallest absolute Gasteiger partial charge is 0.317 e. The maximum atomic E-state index is 12.3. The third-order valence-electron chi connectivity index (χ3n) is 5.50. The lowest BCUT2D eigenvalue weighted by Gasteiger charge is -2.34. The van der Waals surface area contributed by atoms with Crippen LogP contribution in [-0.2, 0) is 6.54 Å². The Morgan fingerprint density at radius 3 is 2.12 bits per heavy atom. The summed E-state index contributed by atoms with van der Waals surface area (Å²) in [5.74, 6) is 1.03. The van der Waals surface area contributed by atoms with Gasteiger partial charge >= 0.3 is 6.03 Å². The Labute approximate surface area is 156 Å². The second kappa shape index (κ2) is 9.19. The van der Waals surface area contributed by atoms with Gasteiger partial charge in [0.15, 0.2) is 0 Å². The number of nitrogens with one attached hydrogen (secondary N) is 1. The predicted molar refractivity (Wildman–Crippen MR) is 104 cm³/mol. The van der Waals surface area contributed by atoms with Crippen LogP contribution in [0.1, 0.15) is 19.4 Å². The molecule has 0 spiro atoms. The number of nitrogens with zero attached hydrogens (tertiary/aromatic N) is 5. The molecular weight excluding hydrogens is 328 g/mol. The van der Waals surface area contributed by atoms with E-state index in [0.29, 0.717) is 6.54 Å². The molecule has 144 valence electrons. The Hall–Kier alpha value is -1.86. The fourth-order valence-electron chi connectivity index (χ4n) is 3.56. The molecule has 2 aliphatic rings. The predicted octanol–water partition coefficient (Wildman–Crippen LogP) is 1.07. The first-order chi connectivity index (χ1) is 12.7. The minimum absolute atomic E-state index is 0.0283. The maximum Gasteiger partial charge on any atom is 0.317 e. The Kier molecular flexibility index (Phi) is 6.68. The van der Waals surface area contributed by atoms with Crippen molar-refractivity contribution in [1.82, 2.24) is 25.0 Å². The van der Waals surface area contributed by atoms with Crippen LogP contribution < -0.4 is 10.2 Å². The van der Waals surface area contributed by atoms with Crippen LogP contribution >= 0.6 is 0 Å². The Balaban J connectivity index is 1.44. The van der Waals surface area contributed by atoms with Crippen LogP contribution in [0.15, 0.2) is 18.3 Å². The van der Waals surface area contributed by atoms with Gasteiger partial charge in [-0.2, -0.15) is 0 Å². The molecule has 3 heterocycles. The summed E-state index contributed by atoms with van der Waals surface area (Å²) in [4.78, 5) is 26.0. The van der Waals surface area contributed by atoms with Gasteiger partial charge in [0.2, 0.25) is 0 Å². The summed E-state index contributed by atoms with van der Waals surface area (Å²) in [7, 11) is 0. The highest BCUT2D eigenvalue weighted by molar-refractivity contribution is 5.74. The number of hydrogen-bond acceptors (Lipinski definition) is 5. The lowest BCUT2D eigenvalue weighted by Crippen LogP contribution is -2.51. The van der Waals surface area contributed by atoms with E-state index in [9.17, 15) is 4.79 Å². The first-order valence-corrected chi connectivity index (χ1v) is 9.87. The van der Waals surface area contributed by atoms with Crippen molar-refractivity contribution in [2.45, 2.75) is 20.4 Å². The van der Waals surface area contributed by atoms with E-state index >= 15 is 0 Å². The van der Waals surface area contributed by atoms with E-state index in [2.05, 4.69) is 51.0 Å². The Morgan fingerprint density at radius 1 is 0.962 bits per heavy atom. The van der Waals surface area contributed by atoms with Crippen LogP contribution in [-0.4, -0.2) is 91.2 Å². The zero-order valence-electron chi connectivity index (χ0n) is 16.2. The normalized spacial score (nSPS) is 19.6. The SMILES string of the molecule is CCN1CCN(C(=O)NCc2ccc(N3CCN(CC)CC3)nc2)CC1. The molecule has 7 nitrogen and oxygen atoms in total. The van der Waals surface area contributed by atoms with E-state index in [1.165, 1.54) is 0 Å². The fraction of sp³-hybridized carbons (Fsp3) is 0.684. The van der Waals surface area contributed by atoms with Crippen LogP contribution in [0, 0.1) is 0 Å². The van der Waals surface area contributed by atoms with Gasteiger partial charge in [0.25, 0.3) is 0 Å². The zero-order chi connectivity index (χ0) is 18.4. The summed E-state index contributed by atoms with van der Waals surface area (Å²) in [6.45, 7) is 14.9. The molecular formula is C19H32N6O. The lowest BCUT2D eigenvalue weighted by atomic mass is 10.2. The Bertz CT molecular complexity index is 562. The number of pyridine rings is 1. The van der Waals surface area contributed by atoms with E-state index in [4.69, 9.17) is 0 Å². The number of piperazine rings is 2. The summed E-state index contributed by atoms with van der Waals surface area (Å²) in [6.07, 6.45) is 1.89. The van der Waals surface area contributed by atoms with Crippen molar-refractivity contribution < 1.29 is 4.79 Å². The Morgan fingerprint density at radius 2 is 1.58 bits per heavy atom. The van der Waals surface area contributed by atoms with Gasteiger partial charge in [0, 0.05) is 65.1 Å². The van der Waals surface area contributed by atoms with Gasteiger partial charge in [-0.1, -0.05) is 19.9 Å². The largest absolute Gasteiger partial charge is 0.354 e. The molecule has 2 fully saturated rings. The summed E-state index contributed by atoms with van der Waals surface area (Å²) in [5, 5.41) is 3.02. The van der Waals surface area contributed by atoms with Gasteiger partial charge in [-0.15, -0.1) is 0 Å². The number of carbonyl (C=O) groups excluding carboxylic acids is 1. The molecule has 3 rings (SSSR count). The number of anilines is 1. The van der Waals surface area contributed by atoms with Gasteiger partial charge in [-0.3, -0.25) is 0 Å². The van der Waals surface area contributed by atoms with Crippen molar-refractivity contribution in [3.05, 3.63) is 23.9 Å². The lowest BCUT2D eigenvalue weighted by molar-refractivity contribution is 0.142. The molecule has 1 aromatic rings. The monoisotopic (exact) mass is 360 g/mol. The molecule has 0 radical (unpaired) electrons. The van der Waals surface area contributed by atoms with Crippen LogP contribution in [0.3, 0.4) is 0 Å². The van der Waals surface area contributed by atoms with Crippen LogP contribution in [0.2, 0.25) is 0 Å². The van der Waals surface area contributed by atoms with Crippen molar-refractivity contribution >= 4 is 11.8 Å². The second-order valence-electron chi connectivity index (χ2n) is 7.03. The van der Waals surface area contributed by atoms with Crippen molar-refractivity contribution in [3.8, 4) is 0 Å². The number of likely N-dealkylation sites (N-methyl/N-ethyl adjacent to an activating group) is 2. The van der Waals surface area contributed by atoms with Crippen LogP contribution in [0.4, 0.5) is 10.6 Å². The summed E-state index contributed by atoms with van der Waals surface area (Å²) >= 11 is 0. The molecule has 2 amide bonds. The first-order valence-electron chi connectivity index (χ1n) is 9.87. The van der Waals surface area contributed by atoms with Crippen molar-refractivity contribution in [3.63, 3.8) is 0 Å². The van der Waals surface area contributed by atoms with E-state index in [1.54, 1.807) is 0 Å². The molecule has 7 heteroatoms. The molecule has 1 N–H and O–H groups in total. The average molecular weight is 361 g/mol. The van der Waals surface area contributed by atoms with E-state index in [0.717, 1.165) is 76.8 Å². The number of aromatic nitrogens is 1. The molecule has 0 bridgehead atoms. The third-order valence-corrected chi connectivity index (χ3v) is 5.50. The summed E-state index contributed by atoms with van der Waals surface area (Å²) in [5.41, 5.74) is 1.04. The number of hydrogen-bond donors (Lipinski definition) is 1. The fourth-order valence-corrected chi connectivity index (χ4v) is 3.56. The second-order valence-corrected chi connectivity index (χ2v) is 7.03. The topological polar surface area (TPSA) is 55.0 Å². The van der Waals surface area contributed by atoms with Crippen molar-refractivity contribution in [2.75, 3.05) is 70.3 Å². The summed E-state index contributed by atoms with van der Waals surface area (Å²) < 4.78 is 0. The zero-order valence-corrected chi connectivity index (χ0v) is 16.2. The minimum Gasteiger partial charge on any atom is -0.354 e. The standard InChI is InChI=1S/C19H32N6O/c1-3-22-7-11-24(12-8-22)18-6-5-17(15-20-18)16-21-19(26)25-13-9-23(4-2)10-14-25/h5-6,15H,3-4,7-14,16H2,1-2H3,(H,21,26). The molecule has 0 atom stereocenters. The van der Waals surface area contributed by atoms with Gasteiger partial charge in [0.1, 0.15) is 5.82 Å². The van der Waals surface area contributed by atoms with Crippen molar-refractivity contribution in [1.29, 1.82) is 0 Å². The number of amides is 2. The van der Waals surface area contributed by atoms with Gasteiger partial charge in [-0.05, 0) is 24.7 Å². The molecule has 2 aliphatic heterocycles. The molecule has 0 aliphatic carbocycles. The molecule has 0 saturated carbocycles.